The average Bonchev–Trinajstić information content (AvgIpc) is 3.41. The monoisotopic (exact) mass is 352 g/mol. The number of hydrogen-bond donors (Lipinski definition) is 2. The summed E-state index contributed by atoms with van der Waals surface area (Å²) in [5.74, 6) is 2.24. The number of anilines is 1. The Hall–Kier alpha value is -2.47. The van der Waals surface area contributed by atoms with Crippen molar-refractivity contribution in [2.75, 3.05) is 18.5 Å². The van der Waals surface area contributed by atoms with Gasteiger partial charge in [0.2, 0.25) is 0 Å². The van der Waals surface area contributed by atoms with Crippen molar-refractivity contribution in [1.82, 2.24) is 15.3 Å². The number of amides is 1. The van der Waals surface area contributed by atoms with Crippen LogP contribution in [-0.4, -0.2) is 35.1 Å². The van der Waals surface area contributed by atoms with Gasteiger partial charge in [0.1, 0.15) is 11.6 Å². The summed E-state index contributed by atoms with van der Waals surface area (Å²) in [5, 5.41) is 6.29. The largest absolute Gasteiger partial charge is 0.376 e. The fourth-order valence-corrected chi connectivity index (χ4v) is 3.14. The third-order valence-electron chi connectivity index (χ3n) is 4.79. The van der Waals surface area contributed by atoms with Gasteiger partial charge in [-0.2, -0.15) is 0 Å². The summed E-state index contributed by atoms with van der Waals surface area (Å²) < 4.78 is 5.54. The van der Waals surface area contributed by atoms with Crippen LogP contribution in [0.1, 0.15) is 53.3 Å². The highest BCUT2D eigenvalue weighted by Gasteiger charge is 2.26. The lowest BCUT2D eigenvalue weighted by Gasteiger charge is -2.12. The number of carbonyl (C=O) groups excluding carboxylic acids is 1. The molecule has 0 radical (unpaired) electrons. The van der Waals surface area contributed by atoms with Crippen molar-refractivity contribution in [3.05, 3.63) is 53.5 Å². The number of hydrogen-bond acceptors (Lipinski definition) is 5. The first-order chi connectivity index (χ1) is 12.8. The average molecular weight is 352 g/mol. The molecule has 1 saturated heterocycles. The van der Waals surface area contributed by atoms with Gasteiger partial charge in [0.15, 0.2) is 0 Å². The fraction of sp³-hybridized carbons (Fsp3) is 0.450. The molecule has 1 unspecified atom stereocenters. The van der Waals surface area contributed by atoms with E-state index in [0.717, 1.165) is 36.7 Å². The molecule has 2 heterocycles. The maximum absolute atomic E-state index is 12.3. The van der Waals surface area contributed by atoms with Gasteiger partial charge in [-0.15, -0.1) is 0 Å². The van der Waals surface area contributed by atoms with Crippen LogP contribution in [0.2, 0.25) is 0 Å². The van der Waals surface area contributed by atoms with Gasteiger partial charge in [-0.1, -0.05) is 12.1 Å². The Balaban J connectivity index is 1.33. The molecule has 2 aromatic rings. The first kappa shape index (κ1) is 17.0. The van der Waals surface area contributed by atoms with E-state index >= 15 is 0 Å². The molecular formula is C20H24N4O2. The molecule has 1 aliphatic carbocycles. The molecule has 2 aliphatic rings. The molecule has 26 heavy (non-hydrogen) atoms. The van der Waals surface area contributed by atoms with Crippen LogP contribution in [0.15, 0.2) is 36.5 Å². The predicted octanol–water partition coefficient (Wildman–Crippen LogP) is 2.87. The molecule has 1 aromatic carbocycles. The van der Waals surface area contributed by atoms with Crippen molar-refractivity contribution in [3.8, 4) is 0 Å². The molecule has 1 amide bonds. The van der Waals surface area contributed by atoms with Crippen LogP contribution in [0.3, 0.4) is 0 Å². The van der Waals surface area contributed by atoms with Gasteiger partial charge in [-0.3, -0.25) is 4.79 Å². The van der Waals surface area contributed by atoms with E-state index in [1.165, 1.54) is 12.8 Å². The van der Waals surface area contributed by atoms with Crippen molar-refractivity contribution < 1.29 is 9.53 Å². The molecule has 6 heteroatoms. The molecule has 1 atom stereocenters. The van der Waals surface area contributed by atoms with Gasteiger partial charge >= 0.3 is 0 Å². The highest BCUT2D eigenvalue weighted by atomic mass is 16.5. The van der Waals surface area contributed by atoms with Crippen LogP contribution >= 0.6 is 0 Å². The van der Waals surface area contributed by atoms with E-state index in [-0.39, 0.29) is 12.0 Å². The highest BCUT2D eigenvalue weighted by Crippen LogP contribution is 2.38. The molecule has 4 rings (SSSR count). The number of benzene rings is 1. The summed E-state index contributed by atoms with van der Waals surface area (Å²) in [4.78, 5) is 21.2. The molecular weight excluding hydrogens is 328 g/mol. The van der Waals surface area contributed by atoms with Gasteiger partial charge in [-0.05, 0) is 49.4 Å². The second-order valence-corrected chi connectivity index (χ2v) is 6.97. The lowest BCUT2D eigenvalue weighted by molar-refractivity contribution is 0.0857. The second kappa shape index (κ2) is 7.83. The van der Waals surface area contributed by atoms with Gasteiger partial charge < -0.3 is 15.4 Å². The third kappa shape index (κ3) is 4.38. The summed E-state index contributed by atoms with van der Waals surface area (Å²) in [6.07, 6.45) is 6.43. The standard InChI is InChI=1S/C20H24N4O2/c25-20(23-13-17-5-2-10-26-17)16-4-1-3-14(11-16)12-22-18-8-9-21-19(24-18)15-6-7-15/h1,3-4,8-9,11,15,17H,2,5-7,10,12-13H2,(H,23,25)(H,21,22,24). The quantitative estimate of drug-likeness (QED) is 0.801. The first-order valence-electron chi connectivity index (χ1n) is 9.33. The molecule has 2 fully saturated rings. The van der Waals surface area contributed by atoms with E-state index in [1.807, 2.05) is 30.3 Å². The van der Waals surface area contributed by atoms with E-state index in [4.69, 9.17) is 4.74 Å². The van der Waals surface area contributed by atoms with Gasteiger partial charge in [0, 0.05) is 37.4 Å². The normalized spacial score (nSPS) is 19.3. The van der Waals surface area contributed by atoms with E-state index in [1.54, 1.807) is 6.20 Å². The van der Waals surface area contributed by atoms with Crippen LogP contribution < -0.4 is 10.6 Å². The minimum atomic E-state index is -0.0552. The Morgan fingerprint density at radius 1 is 1.23 bits per heavy atom. The number of ether oxygens (including phenoxy) is 1. The molecule has 0 spiro atoms. The minimum Gasteiger partial charge on any atom is -0.376 e. The molecule has 1 aliphatic heterocycles. The minimum absolute atomic E-state index is 0.0552. The number of nitrogens with one attached hydrogen (secondary N) is 2. The van der Waals surface area contributed by atoms with Crippen molar-refractivity contribution in [2.24, 2.45) is 0 Å². The third-order valence-corrected chi connectivity index (χ3v) is 4.79. The summed E-state index contributed by atoms with van der Waals surface area (Å²) in [6.45, 7) is 1.99. The smallest absolute Gasteiger partial charge is 0.251 e. The van der Waals surface area contributed by atoms with E-state index in [2.05, 4.69) is 20.6 Å². The Morgan fingerprint density at radius 3 is 2.96 bits per heavy atom. The predicted molar refractivity (Wildman–Crippen MR) is 99.1 cm³/mol. The molecule has 1 aromatic heterocycles. The lowest BCUT2D eigenvalue weighted by Crippen LogP contribution is -2.31. The van der Waals surface area contributed by atoms with E-state index < -0.39 is 0 Å². The molecule has 2 N–H and O–H groups in total. The summed E-state index contributed by atoms with van der Waals surface area (Å²) >= 11 is 0. The van der Waals surface area contributed by atoms with Crippen LogP contribution in [0.4, 0.5) is 5.82 Å². The number of carbonyl (C=O) groups is 1. The van der Waals surface area contributed by atoms with Gasteiger partial charge in [-0.25, -0.2) is 9.97 Å². The Bertz CT molecular complexity index is 770. The molecule has 0 bridgehead atoms. The van der Waals surface area contributed by atoms with Crippen LogP contribution in [0.5, 0.6) is 0 Å². The summed E-state index contributed by atoms with van der Waals surface area (Å²) in [5.41, 5.74) is 1.71. The Morgan fingerprint density at radius 2 is 2.15 bits per heavy atom. The summed E-state index contributed by atoms with van der Waals surface area (Å²) in [7, 11) is 0. The van der Waals surface area contributed by atoms with Crippen LogP contribution in [0, 0.1) is 0 Å². The van der Waals surface area contributed by atoms with Gasteiger partial charge in [0.25, 0.3) is 5.91 Å². The number of nitrogens with zero attached hydrogens (tertiary/aromatic N) is 2. The van der Waals surface area contributed by atoms with Crippen LogP contribution in [-0.2, 0) is 11.3 Å². The Labute approximate surface area is 153 Å². The second-order valence-electron chi connectivity index (χ2n) is 6.97. The van der Waals surface area contributed by atoms with Gasteiger partial charge in [0.05, 0.1) is 6.10 Å². The molecule has 1 saturated carbocycles. The zero-order chi connectivity index (χ0) is 17.8. The number of aromatic nitrogens is 2. The maximum Gasteiger partial charge on any atom is 0.251 e. The summed E-state index contributed by atoms with van der Waals surface area (Å²) in [6, 6.07) is 9.55. The SMILES string of the molecule is O=C(NCC1CCCO1)c1cccc(CNc2ccnc(C3CC3)n2)c1. The van der Waals surface area contributed by atoms with Crippen molar-refractivity contribution in [3.63, 3.8) is 0 Å². The molecule has 6 nitrogen and oxygen atoms in total. The lowest BCUT2D eigenvalue weighted by atomic mass is 10.1. The van der Waals surface area contributed by atoms with Crippen molar-refractivity contribution >= 4 is 11.7 Å². The molecule has 136 valence electrons. The zero-order valence-electron chi connectivity index (χ0n) is 14.8. The van der Waals surface area contributed by atoms with Crippen molar-refractivity contribution in [1.29, 1.82) is 0 Å². The van der Waals surface area contributed by atoms with E-state index in [9.17, 15) is 4.79 Å². The fourth-order valence-electron chi connectivity index (χ4n) is 3.14. The zero-order valence-corrected chi connectivity index (χ0v) is 14.8. The Kier molecular flexibility index (Phi) is 5.11. The van der Waals surface area contributed by atoms with Crippen molar-refractivity contribution in [2.45, 2.75) is 44.2 Å². The van der Waals surface area contributed by atoms with E-state index in [0.29, 0.717) is 24.6 Å². The maximum atomic E-state index is 12.3. The first-order valence-corrected chi connectivity index (χ1v) is 9.33. The highest BCUT2D eigenvalue weighted by molar-refractivity contribution is 5.94. The topological polar surface area (TPSA) is 76.1 Å². The van der Waals surface area contributed by atoms with Crippen LogP contribution in [0.25, 0.3) is 0 Å². The number of rotatable bonds is 7.